The Morgan fingerprint density at radius 2 is 1.77 bits per heavy atom. The second kappa shape index (κ2) is 7.04. The summed E-state index contributed by atoms with van der Waals surface area (Å²) in [5.41, 5.74) is 11.8. The maximum atomic E-state index is 6.34. The summed E-state index contributed by atoms with van der Waals surface area (Å²) in [5, 5.41) is 2.35. The Kier molecular flexibility index (Phi) is 4.44. The van der Waals surface area contributed by atoms with Gasteiger partial charge < -0.3 is 10.7 Å². The van der Waals surface area contributed by atoms with E-state index in [1.165, 1.54) is 16.5 Å². The highest BCUT2D eigenvalue weighted by atomic mass is 15.0. The van der Waals surface area contributed by atoms with Crippen LogP contribution in [0, 0.1) is 0 Å². The van der Waals surface area contributed by atoms with E-state index >= 15 is 0 Å². The number of aromatic nitrogens is 2. The van der Waals surface area contributed by atoms with Crippen LogP contribution in [0.25, 0.3) is 34.0 Å². The van der Waals surface area contributed by atoms with Crippen molar-refractivity contribution < 1.29 is 4.57 Å². The molecule has 2 heterocycles. The number of nitrogens with two attached hydrogens (primary N) is 1. The van der Waals surface area contributed by atoms with E-state index in [2.05, 4.69) is 83.4 Å². The molecule has 26 heavy (non-hydrogen) atoms. The van der Waals surface area contributed by atoms with Gasteiger partial charge in [-0.15, -0.1) is 0 Å². The monoisotopic (exact) mass is 342 g/mol. The third kappa shape index (κ3) is 2.97. The number of hydrogen-bond donors (Lipinski definition) is 2. The topological polar surface area (TPSA) is 45.7 Å². The van der Waals surface area contributed by atoms with Crippen molar-refractivity contribution in [2.24, 2.45) is 0 Å². The van der Waals surface area contributed by atoms with E-state index in [1.54, 1.807) is 0 Å². The number of benzene rings is 2. The van der Waals surface area contributed by atoms with Gasteiger partial charge in [0, 0.05) is 41.7 Å². The minimum Gasteiger partial charge on any atom is -0.398 e. The van der Waals surface area contributed by atoms with Crippen molar-refractivity contribution in [3.63, 3.8) is 0 Å². The molecule has 0 amide bonds. The van der Waals surface area contributed by atoms with Crippen LogP contribution in [0.2, 0.25) is 0 Å². The number of anilines is 1. The molecule has 0 aliphatic heterocycles. The van der Waals surface area contributed by atoms with Crippen molar-refractivity contribution in [2.75, 3.05) is 5.73 Å². The first-order valence-corrected chi connectivity index (χ1v) is 9.23. The van der Waals surface area contributed by atoms with Crippen molar-refractivity contribution in [3.05, 3.63) is 72.1 Å². The molecule has 0 aliphatic rings. The minimum absolute atomic E-state index is 0.826. The smallest absolute Gasteiger partial charge is 0.215 e. The summed E-state index contributed by atoms with van der Waals surface area (Å²) in [5.74, 6) is 0. The lowest BCUT2D eigenvalue weighted by Crippen LogP contribution is -2.38. The van der Waals surface area contributed by atoms with Crippen LogP contribution in [0.15, 0.2) is 60.8 Å². The normalized spacial score (nSPS) is 11.7. The number of fused-ring (bicyclic) bond motifs is 2. The molecule has 4 aromatic rings. The van der Waals surface area contributed by atoms with E-state index in [4.69, 9.17) is 5.73 Å². The maximum Gasteiger partial charge on any atom is 0.215 e. The second-order valence-electron chi connectivity index (χ2n) is 6.67. The molecule has 0 bridgehead atoms. The maximum absolute atomic E-state index is 6.34. The molecule has 3 nitrogen and oxygen atoms in total. The van der Waals surface area contributed by atoms with E-state index in [1.807, 2.05) is 6.07 Å². The fourth-order valence-corrected chi connectivity index (χ4v) is 3.52. The SMILES string of the molecule is CCCC[n+]1c(/C=C/c2c[nH]c3ccccc23)cc(N)c2ccccc21. The minimum atomic E-state index is 0.826. The molecule has 0 saturated heterocycles. The molecule has 2 aromatic heterocycles. The van der Waals surface area contributed by atoms with E-state index in [-0.39, 0.29) is 0 Å². The van der Waals surface area contributed by atoms with Crippen molar-refractivity contribution in [3.8, 4) is 0 Å². The average molecular weight is 342 g/mol. The Morgan fingerprint density at radius 1 is 1.00 bits per heavy atom. The lowest BCUT2D eigenvalue weighted by molar-refractivity contribution is -0.673. The Bertz CT molecular complexity index is 1090. The highest BCUT2D eigenvalue weighted by Crippen LogP contribution is 2.22. The predicted octanol–water partition coefficient (Wildman–Crippen LogP) is 5.16. The fourth-order valence-electron chi connectivity index (χ4n) is 3.52. The summed E-state index contributed by atoms with van der Waals surface area (Å²) in [6, 6.07) is 18.8. The Labute approximate surface area is 153 Å². The summed E-state index contributed by atoms with van der Waals surface area (Å²) in [6.45, 7) is 3.21. The lowest BCUT2D eigenvalue weighted by atomic mass is 10.1. The van der Waals surface area contributed by atoms with Gasteiger partial charge in [-0.05, 0) is 23.8 Å². The molecule has 3 N–H and O–H groups in total. The predicted molar refractivity (Wildman–Crippen MR) is 111 cm³/mol. The number of unbranched alkanes of at least 4 members (excludes halogenated alkanes) is 1. The van der Waals surface area contributed by atoms with Crippen LogP contribution in [-0.4, -0.2) is 4.98 Å². The average Bonchev–Trinajstić information content (AvgIpc) is 3.09. The van der Waals surface area contributed by atoms with Gasteiger partial charge in [0.2, 0.25) is 11.2 Å². The molecule has 130 valence electrons. The second-order valence-corrected chi connectivity index (χ2v) is 6.67. The van der Waals surface area contributed by atoms with E-state index in [0.717, 1.165) is 41.7 Å². The first-order chi connectivity index (χ1) is 12.8. The Balaban J connectivity index is 1.82. The molecule has 0 aliphatic carbocycles. The summed E-state index contributed by atoms with van der Waals surface area (Å²) in [7, 11) is 0. The van der Waals surface area contributed by atoms with E-state index < -0.39 is 0 Å². The standard InChI is InChI=1S/C23H23N3/c1-2-3-14-26-18(15-21(24)20-9-5-7-11-23(20)26)13-12-17-16-25-22-10-6-4-8-19(17)22/h4-13,15-16H,2-3,14H2,1H3,(H2,24,25)/p+1. The van der Waals surface area contributed by atoms with Crippen molar-refractivity contribution >= 4 is 39.6 Å². The van der Waals surface area contributed by atoms with Crippen LogP contribution in [0.1, 0.15) is 31.0 Å². The number of hydrogen-bond acceptors (Lipinski definition) is 1. The van der Waals surface area contributed by atoms with Gasteiger partial charge in [-0.25, -0.2) is 0 Å². The van der Waals surface area contributed by atoms with Crippen molar-refractivity contribution in [2.45, 2.75) is 26.3 Å². The number of aryl methyl sites for hydroxylation is 1. The van der Waals surface area contributed by atoms with Crippen LogP contribution < -0.4 is 10.3 Å². The van der Waals surface area contributed by atoms with Crippen molar-refractivity contribution in [1.82, 2.24) is 4.98 Å². The van der Waals surface area contributed by atoms with Crippen molar-refractivity contribution in [1.29, 1.82) is 0 Å². The van der Waals surface area contributed by atoms with Crippen LogP contribution in [0.3, 0.4) is 0 Å². The van der Waals surface area contributed by atoms with Gasteiger partial charge in [0.25, 0.3) is 0 Å². The third-order valence-corrected chi connectivity index (χ3v) is 4.91. The van der Waals surface area contributed by atoms with Crippen LogP contribution in [-0.2, 0) is 6.54 Å². The highest BCUT2D eigenvalue weighted by Gasteiger charge is 2.16. The number of nitrogen functional groups attached to an aromatic ring is 1. The molecular weight excluding hydrogens is 318 g/mol. The van der Waals surface area contributed by atoms with Gasteiger partial charge in [0.05, 0.1) is 11.1 Å². The number of nitrogens with zero attached hydrogens (tertiary/aromatic N) is 1. The van der Waals surface area contributed by atoms with Crippen LogP contribution >= 0.6 is 0 Å². The van der Waals surface area contributed by atoms with Gasteiger partial charge in [-0.1, -0.05) is 43.7 Å². The molecule has 0 atom stereocenters. The molecule has 0 radical (unpaired) electrons. The highest BCUT2D eigenvalue weighted by molar-refractivity contribution is 5.92. The number of H-pyrrole nitrogens is 1. The third-order valence-electron chi connectivity index (χ3n) is 4.91. The molecule has 4 rings (SSSR count). The van der Waals surface area contributed by atoms with E-state index in [0.29, 0.717) is 0 Å². The zero-order valence-corrected chi connectivity index (χ0v) is 15.1. The molecule has 3 heteroatoms. The molecule has 0 spiro atoms. The Morgan fingerprint density at radius 3 is 2.62 bits per heavy atom. The zero-order chi connectivity index (χ0) is 17.9. The first kappa shape index (κ1) is 16.4. The molecular formula is C23H24N3+. The Hall–Kier alpha value is -3.07. The summed E-state index contributed by atoms with van der Waals surface area (Å²) < 4.78 is 2.38. The van der Waals surface area contributed by atoms with Gasteiger partial charge in [0.15, 0.2) is 0 Å². The van der Waals surface area contributed by atoms with Gasteiger partial charge in [0.1, 0.15) is 6.54 Å². The summed E-state index contributed by atoms with van der Waals surface area (Å²) >= 11 is 0. The van der Waals surface area contributed by atoms with Crippen LogP contribution in [0.5, 0.6) is 0 Å². The lowest BCUT2D eigenvalue weighted by Gasteiger charge is -2.07. The number of para-hydroxylation sites is 2. The number of rotatable bonds is 5. The zero-order valence-electron chi connectivity index (χ0n) is 15.1. The largest absolute Gasteiger partial charge is 0.398 e. The quantitative estimate of drug-likeness (QED) is 0.483. The number of aromatic amines is 1. The molecule has 0 saturated carbocycles. The van der Waals surface area contributed by atoms with Gasteiger partial charge in [-0.2, -0.15) is 4.57 Å². The van der Waals surface area contributed by atoms with Gasteiger partial charge in [-0.3, -0.25) is 0 Å². The number of nitrogens with one attached hydrogen (secondary N) is 1. The molecule has 0 unspecified atom stereocenters. The van der Waals surface area contributed by atoms with Crippen LogP contribution in [0.4, 0.5) is 5.69 Å². The first-order valence-electron chi connectivity index (χ1n) is 9.23. The van der Waals surface area contributed by atoms with Gasteiger partial charge >= 0.3 is 0 Å². The fraction of sp³-hybridized carbons (Fsp3) is 0.174. The summed E-state index contributed by atoms with van der Waals surface area (Å²) in [6.07, 6.45) is 8.71. The molecule has 2 aromatic carbocycles. The number of pyridine rings is 1. The molecule has 0 fully saturated rings. The van der Waals surface area contributed by atoms with E-state index in [9.17, 15) is 0 Å². The summed E-state index contributed by atoms with van der Waals surface area (Å²) in [4.78, 5) is 3.33.